The van der Waals surface area contributed by atoms with E-state index in [1.54, 1.807) is 25.3 Å². The first kappa shape index (κ1) is 15.2. The van der Waals surface area contributed by atoms with Crippen molar-refractivity contribution in [2.24, 2.45) is 0 Å². The maximum absolute atomic E-state index is 12.3. The van der Waals surface area contributed by atoms with E-state index in [0.717, 1.165) is 17.8 Å². The van der Waals surface area contributed by atoms with E-state index in [2.05, 4.69) is 22.4 Å². The lowest BCUT2D eigenvalue weighted by Gasteiger charge is -2.09. The van der Waals surface area contributed by atoms with Crippen LogP contribution >= 0.6 is 11.3 Å². The zero-order valence-electron chi connectivity index (χ0n) is 12.2. The van der Waals surface area contributed by atoms with Gasteiger partial charge >= 0.3 is 0 Å². The second-order valence-electron chi connectivity index (χ2n) is 4.27. The molecule has 0 aliphatic carbocycles. The maximum Gasteiger partial charge on any atom is 0.261 e. The lowest BCUT2D eigenvalue weighted by Crippen LogP contribution is -2.13. The topological polar surface area (TPSA) is 73.3 Å². The number of benzene rings is 1. The fourth-order valence-corrected chi connectivity index (χ4v) is 2.61. The number of ether oxygens (including phenoxy) is 2. The van der Waals surface area contributed by atoms with Crippen molar-refractivity contribution in [2.75, 3.05) is 19.5 Å². The Morgan fingerprint density at radius 1 is 1.29 bits per heavy atom. The van der Waals surface area contributed by atoms with Crippen molar-refractivity contribution in [3.8, 4) is 11.5 Å². The summed E-state index contributed by atoms with van der Waals surface area (Å²) in [5.74, 6) is 0.765. The van der Waals surface area contributed by atoms with Gasteiger partial charge in [-0.15, -0.1) is 10.2 Å². The van der Waals surface area contributed by atoms with Crippen LogP contribution in [0.5, 0.6) is 11.5 Å². The van der Waals surface area contributed by atoms with Gasteiger partial charge in [0.1, 0.15) is 16.5 Å². The van der Waals surface area contributed by atoms with E-state index in [0.29, 0.717) is 22.2 Å². The summed E-state index contributed by atoms with van der Waals surface area (Å²) in [4.78, 5) is 12.3. The Kier molecular flexibility index (Phi) is 5.10. The Balaban J connectivity index is 2.18. The Labute approximate surface area is 127 Å². The number of aromatic nitrogens is 2. The monoisotopic (exact) mass is 307 g/mol. The minimum absolute atomic E-state index is 0.301. The van der Waals surface area contributed by atoms with Crippen LogP contribution in [0.15, 0.2) is 18.2 Å². The molecule has 0 atom stereocenters. The molecule has 7 heteroatoms. The number of amides is 1. The van der Waals surface area contributed by atoms with Crippen LogP contribution in [0.2, 0.25) is 0 Å². The number of nitrogens with zero attached hydrogens (tertiary/aromatic N) is 2. The van der Waals surface area contributed by atoms with E-state index < -0.39 is 0 Å². The van der Waals surface area contributed by atoms with E-state index in [-0.39, 0.29) is 5.91 Å². The van der Waals surface area contributed by atoms with Crippen molar-refractivity contribution in [1.29, 1.82) is 0 Å². The number of methoxy groups -OCH3 is 2. The second kappa shape index (κ2) is 7.03. The molecule has 1 heterocycles. The van der Waals surface area contributed by atoms with Crippen LogP contribution < -0.4 is 14.8 Å². The van der Waals surface area contributed by atoms with Gasteiger partial charge < -0.3 is 9.47 Å². The summed E-state index contributed by atoms with van der Waals surface area (Å²) in [5.41, 5.74) is 0.393. The molecule has 2 aromatic rings. The fraction of sp³-hybridized carbons (Fsp3) is 0.357. The molecule has 0 bridgehead atoms. The summed E-state index contributed by atoms with van der Waals surface area (Å²) >= 11 is 1.38. The minimum Gasteiger partial charge on any atom is -0.497 e. The highest BCUT2D eigenvalue weighted by Gasteiger charge is 2.15. The average Bonchev–Trinajstić information content (AvgIpc) is 2.94. The Morgan fingerprint density at radius 2 is 2.10 bits per heavy atom. The molecule has 0 fully saturated rings. The third-order valence-corrected chi connectivity index (χ3v) is 3.70. The smallest absolute Gasteiger partial charge is 0.261 e. The predicted octanol–water partition coefficient (Wildman–Crippen LogP) is 2.76. The number of nitrogens with one attached hydrogen (secondary N) is 1. The molecule has 0 aliphatic heterocycles. The molecule has 1 amide bonds. The Morgan fingerprint density at radius 3 is 2.76 bits per heavy atom. The van der Waals surface area contributed by atoms with E-state index >= 15 is 0 Å². The van der Waals surface area contributed by atoms with Crippen LogP contribution in [0.1, 0.15) is 28.7 Å². The van der Waals surface area contributed by atoms with Crippen LogP contribution in [-0.4, -0.2) is 30.3 Å². The van der Waals surface area contributed by atoms with Crippen molar-refractivity contribution in [3.63, 3.8) is 0 Å². The molecule has 21 heavy (non-hydrogen) atoms. The largest absolute Gasteiger partial charge is 0.497 e. The minimum atomic E-state index is -0.301. The molecule has 1 aromatic heterocycles. The molecular weight excluding hydrogens is 290 g/mol. The number of hydrogen-bond donors (Lipinski definition) is 1. The SMILES string of the molecule is CCCc1nnc(NC(=O)c2cc(OC)ccc2OC)s1. The average molecular weight is 307 g/mol. The third kappa shape index (κ3) is 3.69. The highest BCUT2D eigenvalue weighted by molar-refractivity contribution is 7.15. The normalized spacial score (nSPS) is 10.2. The molecule has 0 saturated heterocycles. The summed E-state index contributed by atoms with van der Waals surface area (Å²) in [6, 6.07) is 5.05. The molecular formula is C14H17N3O3S. The first-order valence-electron chi connectivity index (χ1n) is 6.53. The van der Waals surface area contributed by atoms with E-state index in [1.165, 1.54) is 18.4 Å². The maximum atomic E-state index is 12.3. The molecule has 0 saturated carbocycles. The zero-order valence-corrected chi connectivity index (χ0v) is 13.0. The Bertz CT molecular complexity index is 628. The predicted molar refractivity (Wildman–Crippen MR) is 81.4 cm³/mol. The fourth-order valence-electron chi connectivity index (χ4n) is 1.77. The van der Waals surface area contributed by atoms with Crippen molar-refractivity contribution in [3.05, 3.63) is 28.8 Å². The molecule has 6 nitrogen and oxygen atoms in total. The lowest BCUT2D eigenvalue weighted by atomic mass is 10.2. The quantitative estimate of drug-likeness (QED) is 0.888. The van der Waals surface area contributed by atoms with Gasteiger partial charge in [0.15, 0.2) is 0 Å². The van der Waals surface area contributed by atoms with Crippen LogP contribution in [0.25, 0.3) is 0 Å². The van der Waals surface area contributed by atoms with Gasteiger partial charge in [0.2, 0.25) is 5.13 Å². The molecule has 112 valence electrons. The molecule has 0 spiro atoms. The van der Waals surface area contributed by atoms with Gasteiger partial charge in [0.25, 0.3) is 5.91 Å². The van der Waals surface area contributed by atoms with Gasteiger partial charge in [0, 0.05) is 6.42 Å². The van der Waals surface area contributed by atoms with Gasteiger partial charge in [-0.1, -0.05) is 18.3 Å². The number of rotatable bonds is 6. The van der Waals surface area contributed by atoms with Crippen molar-refractivity contribution in [2.45, 2.75) is 19.8 Å². The number of carbonyl (C=O) groups excluding carboxylic acids is 1. The molecule has 0 radical (unpaired) electrons. The third-order valence-electron chi connectivity index (χ3n) is 2.80. The number of aryl methyl sites for hydroxylation is 1. The standard InChI is InChI=1S/C14H17N3O3S/c1-4-5-12-16-17-14(21-12)15-13(18)10-8-9(19-2)6-7-11(10)20-3/h6-8H,4-5H2,1-3H3,(H,15,17,18). The van der Waals surface area contributed by atoms with Crippen LogP contribution in [0, 0.1) is 0 Å². The van der Waals surface area contributed by atoms with Crippen LogP contribution in [0.4, 0.5) is 5.13 Å². The molecule has 1 aromatic carbocycles. The van der Waals surface area contributed by atoms with Crippen LogP contribution in [-0.2, 0) is 6.42 Å². The number of hydrogen-bond acceptors (Lipinski definition) is 6. The highest BCUT2D eigenvalue weighted by atomic mass is 32.1. The van der Waals surface area contributed by atoms with Crippen molar-refractivity contribution >= 4 is 22.4 Å². The number of carbonyl (C=O) groups is 1. The Hall–Kier alpha value is -2.15. The highest BCUT2D eigenvalue weighted by Crippen LogP contribution is 2.25. The van der Waals surface area contributed by atoms with Gasteiger partial charge in [-0.05, 0) is 24.6 Å². The van der Waals surface area contributed by atoms with Gasteiger partial charge in [-0.3, -0.25) is 10.1 Å². The summed E-state index contributed by atoms with van der Waals surface area (Å²) < 4.78 is 10.3. The summed E-state index contributed by atoms with van der Waals surface area (Å²) in [6.45, 7) is 2.07. The second-order valence-corrected chi connectivity index (χ2v) is 5.33. The van der Waals surface area contributed by atoms with E-state index in [1.807, 2.05) is 0 Å². The molecule has 1 N–H and O–H groups in total. The van der Waals surface area contributed by atoms with Gasteiger partial charge in [-0.2, -0.15) is 0 Å². The number of anilines is 1. The summed E-state index contributed by atoms with van der Waals surface area (Å²) in [6.07, 6.45) is 1.85. The summed E-state index contributed by atoms with van der Waals surface area (Å²) in [5, 5.41) is 12.1. The van der Waals surface area contributed by atoms with Crippen molar-refractivity contribution in [1.82, 2.24) is 10.2 Å². The summed E-state index contributed by atoms with van der Waals surface area (Å²) in [7, 11) is 3.06. The zero-order chi connectivity index (χ0) is 15.2. The molecule has 0 aliphatic rings. The van der Waals surface area contributed by atoms with E-state index in [4.69, 9.17) is 9.47 Å². The first-order chi connectivity index (χ1) is 10.2. The first-order valence-corrected chi connectivity index (χ1v) is 7.35. The van der Waals surface area contributed by atoms with E-state index in [9.17, 15) is 4.79 Å². The van der Waals surface area contributed by atoms with Gasteiger partial charge in [0.05, 0.1) is 19.8 Å². The molecule has 0 unspecified atom stereocenters. The van der Waals surface area contributed by atoms with Crippen LogP contribution in [0.3, 0.4) is 0 Å². The lowest BCUT2D eigenvalue weighted by molar-refractivity contribution is 0.102. The van der Waals surface area contributed by atoms with Crippen molar-refractivity contribution < 1.29 is 14.3 Å². The molecule has 2 rings (SSSR count). The van der Waals surface area contributed by atoms with Gasteiger partial charge in [-0.25, -0.2) is 0 Å².